The second-order valence-corrected chi connectivity index (χ2v) is 4.53. The maximum atomic E-state index is 10.6. The van der Waals surface area contributed by atoms with Crippen LogP contribution in [0.1, 0.15) is 43.2 Å². The van der Waals surface area contributed by atoms with Crippen molar-refractivity contribution in [2.24, 2.45) is 0 Å². The number of carboxylic acids is 1. The van der Waals surface area contributed by atoms with Gasteiger partial charge in [-0.3, -0.25) is 4.79 Å². The summed E-state index contributed by atoms with van der Waals surface area (Å²) in [7, 11) is 0. The summed E-state index contributed by atoms with van der Waals surface area (Å²) in [6.45, 7) is 0. The molecule has 0 atom stereocenters. The third-order valence-corrected chi connectivity index (χ3v) is 3.26. The summed E-state index contributed by atoms with van der Waals surface area (Å²) in [5.74, 6) is -0.725. The lowest BCUT2D eigenvalue weighted by atomic mass is 9.89. The highest BCUT2D eigenvalue weighted by molar-refractivity contribution is 5.71. The van der Waals surface area contributed by atoms with E-state index in [2.05, 4.69) is 12.1 Å². The van der Waals surface area contributed by atoms with Crippen LogP contribution in [0.25, 0.3) is 5.57 Å². The average Bonchev–Trinajstić information content (AvgIpc) is 2.38. The zero-order chi connectivity index (χ0) is 12.1. The van der Waals surface area contributed by atoms with E-state index in [1.807, 2.05) is 18.2 Å². The Labute approximate surface area is 102 Å². The van der Waals surface area contributed by atoms with Crippen molar-refractivity contribution in [2.75, 3.05) is 0 Å². The third kappa shape index (κ3) is 3.19. The molecule has 0 aromatic heterocycles. The van der Waals surface area contributed by atoms with Gasteiger partial charge in [-0.15, -0.1) is 0 Å². The lowest BCUT2D eigenvalue weighted by molar-refractivity contribution is -0.136. The Morgan fingerprint density at radius 3 is 2.76 bits per heavy atom. The van der Waals surface area contributed by atoms with Crippen LogP contribution in [0.4, 0.5) is 0 Å². The van der Waals surface area contributed by atoms with Crippen molar-refractivity contribution >= 4 is 11.5 Å². The van der Waals surface area contributed by atoms with Crippen molar-refractivity contribution in [3.05, 3.63) is 41.5 Å². The molecule has 0 saturated carbocycles. The molecule has 17 heavy (non-hydrogen) atoms. The van der Waals surface area contributed by atoms with Crippen LogP contribution < -0.4 is 0 Å². The molecule has 90 valence electrons. The van der Waals surface area contributed by atoms with Gasteiger partial charge in [0, 0.05) is 6.42 Å². The largest absolute Gasteiger partial charge is 0.481 e. The van der Waals surface area contributed by atoms with Gasteiger partial charge in [-0.2, -0.15) is 0 Å². The molecule has 1 aliphatic carbocycles. The van der Waals surface area contributed by atoms with Gasteiger partial charge in [-0.05, 0) is 48.8 Å². The molecular formula is C15H18O2. The normalized spacial score (nSPS) is 15.4. The van der Waals surface area contributed by atoms with Crippen molar-refractivity contribution in [3.8, 4) is 0 Å². The number of aliphatic carboxylic acids is 1. The van der Waals surface area contributed by atoms with E-state index in [1.165, 1.54) is 29.5 Å². The number of hydrogen-bond donors (Lipinski definition) is 1. The quantitative estimate of drug-likeness (QED) is 0.857. The molecule has 0 aliphatic heterocycles. The van der Waals surface area contributed by atoms with Gasteiger partial charge in [0.1, 0.15) is 0 Å². The Morgan fingerprint density at radius 1 is 1.24 bits per heavy atom. The van der Waals surface area contributed by atoms with Gasteiger partial charge < -0.3 is 5.11 Å². The van der Waals surface area contributed by atoms with Gasteiger partial charge in [0.25, 0.3) is 0 Å². The van der Waals surface area contributed by atoms with Gasteiger partial charge in [0.2, 0.25) is 0 Å². The van der Waals surface area contributed by atoms with Crippen LogP contribution in [-0.4, -0.2) is 11.1 Å². The van der Waals surface area contributed by atoms with E-state index in [9.17, 15) is 4.79 Å². The van der Waals surface area contributed by atoms with Crippen molar-refractivity contribution in [2.45, 2.75) is 38.5 Å². The first kappa shape index (κ1) is 11.9. The number of rotatable bonds is 4. The highest BCUT2D eigenvalue weighted by Crippen LogP contribution is 2.29. The Balaban J connectivity index is 2.20. The van der Waals surface area contributed by atoms with Crippen molar-refractivity contribution in [1.29, 1.82) is 0 Å². The third-order valence-electron chi connectivity index (χ3n) is 3.26. The molecule has 0 heterocycles. The molecule has 0 radical (unpaired) electrons. The summed E-state index contributed by atoms with van der Waals surface area (Å²) >= 11 is 0. The lowest BCUT2D eigenvalue weighted by Crippen LogP contribution is -2.01. The second kappa shape index (κ2) is 5.67. The Hall–Kier alpha value is -1.57. The molecule has 0 bridgehead atoms. The molecule has 1 N–H and O–H groups in total. The molecule has 1 aromatic rings. The van der Waals surface area contributed by atoms with Crippen LogP contribution in [0.2, 0.25) is 0 Å². The van der Waals surface area contributed by atoms with Crippen LogP contribution in [0, 0.1) is 0 Å². The highest BCUT2D eigenvalue weighted by Gasteiger charge is 2.10. The summed E-state index contributed by atoms with van der Waals surface area (Å²) < 4.78 is 0. The number of hydrogen-bond acceptors (Lipinski definition) is 1. The van der Waals surface area contributed by atoms with Gasteiger partial charge in [-0.1, -0.05) is 30.3 Å². The van der Waals surface area contributed by atoms with E-state index in [4.69, 9.17) is 5.11 Å². The lowest BCUT2D eigenvalue weighted by Gasteiger charge is -2.16. The molecule has 2 rings (SSSR count). The minimum Gasteiger partial charge on any atom is -0.481 e. The van der Waals surface area contributed by atoms with Crippen molar-refractivity contribution < 1.29 is 9.90 Å². The highest BCUT2D eigenvalue weighted by atomic mass is 16.4. The first-order valence-corrected chi connectivity index (χ1v) is 6.26. The van der Waals surface area contributed by atoms with E-state index >= 15 is 0 Å². The Bertz CT molecular complexity index is 432. The standard InChI is InChI=1S/C15H18O2/c16-15(17)11-10-13-8-4-5-9-14(13)12-6-2-1-3-7-12/h4-6,8-9H,1-3,7,10-11H2,(H,16,17). The van der Waals surface area contributed by atoms with E-state index in [0.717, 1.165) is 12.8 Å². The molecule has 1 aromatic carbocycles. The van der Waals surface area contributed by atoms with Crippen LogP contribution in [0.15, 0.2) is 30.3 Å². The molecule has 0 fully saturated rings. The summed E-state index contributed by atoms with van der Waals surface area (Å²) in [4.78, 5) is 10.6. The van der Waals surface area contributed by atoms with Crippen LogP contribution >= 0.6 is 0 Å². The zero-order valence-electron chi connectivity index (χ0n) is 9.98. The summed E-state index contributed by atoms with van der Waals surface area (Å²) in [5, 5.41) is 8.76. The van der Waals surface area contributed by atoms with Gasteiger partial charge in [0.05, 0.1) is 0 Å². The number of allylic oxidation sites excluding steroid dienone is 2. The van der Waals surface area contributed by atoms with Crippen LogP contribution in [0.3, 0.4) is 0 Å². The zero-order valence-corrected chi connectivity index (χ0v) is 9.98. The molecule has 0 unspecified atom stereocenters. The van der Waals surface area contributed by atoms with Crippen molar-refractivity contribution in [3.63, 3.8) is 0 Å². The number of aryl methyl sites for hydroxylation is 1. The van der Waals surface area contributed by atoms with Gasteiger partial charge in [-0.25, -0.2) is 0 Å². The fraction of sp³-hybridized carbons (Fsp3) is 0.400. The SMILES string of the molecule is O=C(O)CCc1ccccc1C1=CCCCC1. The summed E-state index contributed by atoms with van der Waals surface area (Å²) in [6.07, 6.45) is 7.96. The van der Waals surface area contributed by atoms with Gasteiger partial charge >= 0.3 is 5.97 Å². The molecule has 2 heteroatoms. The Morgan fingerprint density at radius 2 is 2.06 bits per heavy atom. The van der Waals surface area contributed by atoms with E-state index < -0.39 is 5.97 Å². The molecule has 1 aliphatic rings. The van der Waals surface area contributed by atoms with Crippen LogP contribution in [-0.2, 0) is 11.2 Å². The van der Waals surface area contributed by atoms with E-state index in [-0.39, 0.29) is 6.42 Å². The van der Waals surface area contributed by atoms with Gasteiger partial charge in [0.15, 0.2) is 0 Å². The second-order valence-electron chi connectivity index (χ2n) is 4.53. The molecule has 0 amide bonds. The fourth-order valence-corrected chi connectivity index (χ4v) is 2.38. The predicted molar refractivity (Wildman–Crippen MR) is 68.8 cm³/mol. The maximum Gasteiger partial charge on any atom is 0.303 e. The molecule has 0 saturated heterocycles. The predicted octanol–water partition coefficient (Wildman–Crippen LogP) is 3.66. The topological polar surface area (TPSA) is 37.3 Å². The Kier molecular flexibility index (Phi) is 3.97. The number of benzene rings is 1. The number of carboxylic acid groups (broad SMARTS) is 1. The smallest absolute Gasteiger partial charge is 0.303 e. The summed E-state index contributed by atoms with van der Waals surface area (Å²) in [6, 6.07) is 8.20. The maximum absolute atomic E-state index is 10.6. The van der Waals surface area contributed by atoms with E-state index in [0.29, 0.717) is 6.42 Å². The average molecular weight is 230 g/mol. The first-order chi connectivity index (χ1) is 8.27. The fourth-order valence-electron chi connectivity index (χ4n) is 2.38. The van der Waals surface area contributed by atoms with Crippen LogP contribution in [0.5, 0.6) is 0 Å². The van der Waals surface area contributed by atoms with Crippen molar-refractivity contribution in [1.82, 2.24) is 0 Å². The number of carbonyl (C=O) groups is 1. The molecule has 0 spiro atoms. The first-order valence-electron chi connectivity index (χ1n) is 6.26. The molecule has 2 nitrogen and oxygen atoms in total. The summed E-state index contributed by atoms with van der Waals surface area (Å²) in [5.41, 5.74) is 3.83. The minimum atomic E-state index is -0.725. The minimum absolute atomic E-state index is 0.213. The molecular weight excluding hydrogens is 212 g/mol. The monoisotopic (exact) mass is 230 g/mol. The van der Waals surface area contributed by atoms with E-state index in [1.54, 1.807) is 0 Å².